The van der Waals surface area contributed by atoms with Crippen molar-refractivity contribution in [3.05, 3.63) is 125 Å². The highest BCUT2D eigenvalue weighted by Crippen LogP contribution is 2.43. The van der Waals surface area contributed by atoms with Gasteiger partial charge in [0.05, 0.1) is 27.9 Å². The van der Waals surface area contributed by atoms with Crippen LogP contribution in [0, 0.1) is 13.8 Å². The number of para-hydroxylation sites is 2. The summed E-state index contributed by atoms with van der Waals surface area (Å²) >= 11 is 0. The minimum atomic E-state index is -4.62. The highest BCUT2D eigenvalue weighted by molar-refractivity contribution is 7.86. The minimum Gasteiger partial charge on any atom is -0.478 e. The van der Waals surface area contributed by atoms with Crippen molar-refractivity contribution in [1.29, 1.82) is 0 Å². The van der Waals surface area contributed by atoms with Gasteiger partial charge in [0.2, 0.25) is 0 Å². The van der Waals surface area contributed by atoms with E-state index in [2.05, 4.69) is 10.3 Å². The van der Waals surface area contributed by atoms with E-state index >= 15 is 0 Å². The molecule has 230 valence electrons. The van der Waals surface area contributed by atoms with Gasteiger partial charge in [-0.15, -0.1) is 0 Å². The zero-order valence-corrected chi connectivity index (χ0v) is 25.3. The van der Waals surface area contributed by atoms with Gasteiger partial charge in [-0.2, -0.15) is 8.42 Å². The van der Waals surface area contributed by atoms with Gasteiger partial charge in [-0.1, -0.05) is 42.5 Å². The summed E-state index contributed by atoms with van der Waals surface area (Å²) in [5, 5.41) is 23.5. The van der Waals surface area contributed by atoms with Crippen LogP contribution in [-0.4, -0.2) is 35.1 Å². The predicted octanol–water partition coefficient (Wildman–Crippen LogP) is 7.44. The van der Waals surface area contributed by atoms with E-state index in [1.54, 1.807) is 86.6 Å². The minimum absolute atomic E-state index is 0.0333. The number of carbonyl (C=O) groups is 2. The second-order valence-corrected chi connectivity index (χ2v) is 12.0. The zero-order valence-electron chi connectivity index (χ0n) is 24.5. The first-order valence-corrected chi connectivity index (χ1v) is 15.4. The third-order valence-electron chi connectivity index (χ3n) is 7.62. The number of benzene rings is 5. The van der Waals surface area contributed by atoms with Crippen molar-refractivity contribution in [3.63, 3.8) is 0 Å². The molecule has 11 heteroatoms. The summed E-state index contributed by atoms with van der Waals surface area (Å²) in [6.45, 7) is 3.54. The number of hydrogen-bond donors (Lipinski definition) is 4. The van der Waals surface area contributed by atoms with Crippen LogP contribution in [0.25, 0.3) is 33.4 Å². The summed E-state index contributed by atoms with van der Waals surface area (Å²) in [5.74, 6) is -1.91. The molecule has 0 bridgehead atoms. The molecule has 0 atom stereocenters. The summed E-state index contributed by atoms with van der Waals surface area (Å²) in [5.41, 5.74) is 4.22. The van der Waals surface area contributed by atoms with Crippen molar-refractivity contribution in [3.8, 4) is 22.5 Å². The van der Waals surface area contributed by atoms with E-state index < -0.39 is 22.1 Å². The second kappa shape index (κ2) is 11.6. The molecule has 0 unspecified atom stereocenters. The lowest BCUT2D eigenvalue weighted by Gasteiger charge is -2.18. The van der Waals surface area contributed by atoms with Gasteiger partial charge in [0, 0.05) is 39.9 Å². The number of carboxylic acid groups (broad SMARTS) is 2. The molecule has 1 heterocycles. The number of anilines is 2. The van der Waals surface area contributed by atoms with Crippen LogP contribution in [0.3, 0.4) is 0 Å². The molecule has 0 spiro atoms. The molecular weight excluding hydrogens is 608 g/mol. The van der Waals surface area contributed by atoms with Crippen molar-refractivity contribution in [1.82, 2.24) is 0 Å². The number of rotatable bonds is 7. The molecule has 6 rings (SSSR count). The number of aryl methyl sites for hydroxylation is 2. The monoisotopic (exact) mass is 634 g/mol. The summed E-state index contributed by atoms with van der Waals surface area (Å²) < 4.78 is 41.4. The topological polar surface area (TPSA) is 166 Å². The first-order valence-electron chi connectivity index (χ1n) is 14.0. The number of nitrogens with zero attached hydrogens (tertiary/aromatic N) is 1. The van der Waals surface area contributed by atoms with Gasteiger partial charge in [-0.25, -0.2) is 14.6 Å². The van der Waals surface area contributed by atoms with Crippen LogP contribution >= 0.6 is 0 Å². The largest absolute Gasteiger partial charge is 0.478 e. The molecule has 2 aliphatic rings. The van der Waals surface area contributed by atoms with Crippen LogP contribution in [0.15, 0.2) is 111 Å². The lowest BCUT2D eigenvalue weighted by atomic mass is 9.93. The maximum Gasteiger partial charge on any atom is 0.337 e. The number of carboxylic acids is 2. The van der Waals surface area contributed by atoms with Crippen LogP contribution in [0.1, 0.15) is 31.8 Å². The lowest BCUT2D eigenvalue weighted by molar-refractivity contribution is 0.0687. The van der Waals surface area contributed by atoms with Crippen molar-refractivity contribution >= 4 is 50.1 Å². The van der Waals surface area contributed by atoms with E-state index in [9.17, 15) is 32.8 Å². The van der Waals surface area contributed by atoms with Gasteiger partial charge in [0.25, 0.3) is 10.1 Å². The fraction of sp³-hybridized carbons (Fsp3) is 0.0571. The molecule has 0 radical (unpaired) electrons. The van der Waals surface area contributed by atoms with Gasteiger partial charge < -0.3 is 19.9 Å². The Bertz CT molecular complexity index is 2360. The molecule has 0 fully saturated rings. The molecule has 1 aliphatic carbocycles. The number of fused-ring (bicyclic) bond motifs is 2. The van der Waals surface area contributed by atoms with Crippen molar-refractivity contribution < 1.29 is 37.2 Å². The summed E-state index contributed by atoms with van der Waals surface area (Å²) in [7, 11) is -4.62. The van der Waals surface area contributed by atoms with Crippen LogP contribution in [-0.2, 0) is 10.1 Å². The van der Waals surface area contributed by atoms with E-state index in [-0.39, 0.29) is 27.3 Å². The Morgan fingerprint density at radius 1 is 0.761 bits per heavy atom. The summed E-state index contributed by atoms with van der Waals surface area (Å²) in [6, 6.07) is 26.0. The SMILES string of the molecule is Cc1cccc(C(=O)O)c1N=c1ccc2c(-c3ccccc3S(=O)(=O)O)c3ccc(Nc4c(C)cccc4C(=O)O)cc3oc-2c1. The van der Waals surface area contributed by atoms with Gasteiger partial charge in [-0.3, -0.25) is 4.55 Å². The van der Waals surface area contributed by atoms with Gasteiger partial charge in [-0.05, 0) is 67.4 Å². The van der Waals surface area contributed by atoms with Crippen LogP contribution < -0.4 is 10.7 Å². The van der Waals surface area contributed by atoms with Crippen molar-refractivity contribution in [2.45, 2.75) is 18.7 Å². The molecule has 1 aliphatic heterocycles. The Morgan fingerprint density at radius 2 is 1.46 bits per heavy atom. The summed E-state index contributed by atoms with van der Waals surface area (Å²) in [4.78, 5) is 28.1. The molecule has 0 amide bonds. The highest BCUT2D eigenvalue weighted by Gasteiger charge is 2.24. The second-order valence-electron chi connectivity index (χ2n) is 10.7. The highest BCUT2D eigenvalue weighted by atomic mass is 32.2. The van der Waals surface area contributed by atoms with Gasteiger partial charge in [0.15, 0.2) is 0 Å². The number of aromatic carboxylic acids is 2. The number of nitrogens with one attached hydrogen (secondary N) is 1. The molecule has 0 aromatic heterocycles. The van der Waals surface area contributed by atoms with Crippen LogP contribution in [0.4, 0.5) is 17.1 Å². The molecule has 10 nitrogen and oxygen atoms in total. The van der Waals surface area contributed by atoms with Gasteiger partial charge >= 0.3 is 11.9 Å². The molecule has 4 aromatic rings. The molecule has 46 heavy (non-hydrogen) atoms. The average Bonchev–Trinajstić information content (AvgIpc) is 3.01. The number of hydrogen-bond acceptors (Lipinski definition) is 7. The van der Waals surface area contributed by atoms with E-state index in [0.29, 0.717) is 55.7 Å². The maximum absolute atomic E-state index is 12.5. The normalized spacial score (nSPS) is 12.0. The molecule has 4 N–H and O–H groups in total. The zero-order chi connectivity index (χ0) is 32.7. The first kappa shape index (κ1) is 30.3. The standard InChI is InChI=1S/C35H26N2O8S/c1-19-7-5-10-26(34(38)39)32(19)36-21-13-15-23-28(17-21)45-29-18-22(37-33-20(2)8-6-11-27(33)35(40)41)14-16-24(29)31(23)25-9-3-4-12-30(25)46(42,43)44/h3-18,36H,1-2H3,(H,38,39)(H,40,41)(H,42,43,44). The summed E-state index contributed by atoms with van der Waals surface area (Å²) in [6.07, 6.45) is 0. The van der Waals surface area contributed by atoms with Gasteiger partial charge in [0.1, 0.15) is 16.2 Å². The fourth-order valence-electron chi connectivity index (χ4n) is 5.48. The van der Waals surface area contributed by atoms with E-state index in [0.717, 1.165) is 0 Å². The molecule has 0 saturated heterocycles. The third-order valence-corrected chi connectivity index (χ3v) is 8.53. The Morgan fingerprint density at radius 3 is 2.17 bits per heavy atom. The van der Waals surface area contributed by atoms with Crippen LogP contribution in [0.2, 0.25) is 0 Å². The Labute approximate surface area is 263 Å². The van der Waals surface area contributed by atoms with E-state index in [1.807, 2.05) is 0 Å². The van der Waals surface area contributed by atoms with Crippen LogP contribution in [0.5, 0.6) is 0 Å². The predicted molar refractivity (Wildman–Crippen MR) is 173 cm³/mol. The Kier molecular flexibility index (Phi) is 7.64. The average molecular weight is 635 g/mol. The molecular formula is C35H26N2O8S. The Hall–Kier alpha value is -5.78. The van der Waals surface area contributed by atoms with Crippen molar-refractivity contribution in [2.75, 3.05) is 5.32 Å². The fourth-order valence-corrected chi connectivity index (χ4v) is 6.18. The lowest BCUT2D eigenvalue weighted by Crippen LogP contribution is -2.06. The molecule has 4 aromatic carbocycles. The van der Waals surface area contributed by atoms with Crippen molar-refractivity contribution in [2.24, 2.45) is 4.99 Å². The molecule has 0 saturated carbocycles. The van der Waals surface area contributed by atoms with E-state index in [1.165, 1.54) is 24.3 Å². The maximum atomic E-state index is 12.5. The quantitative estimate of drug-likeness (QED) is 0.103. The Balaban J connectivity index is 1.63. The first-order chi connectivity index (χ1) is 21.9. The third kappa shape index (κ3) is 5.60. The van der Waals surface area contributed by atoms with E-state index in [4.69, 9.17) is 4.42 Å². The smallest absolute Gasteiger partial charge is 0.337 e.